The molecule has 3 rings (SSSR count). The number of amides is 1. The van der Waals surface area contributed by atoms with Gasteiger partial charge in [-0.3, -0.25) is 5.32 Å². The second-order valence-corrected chi connectivity index (χ2v) is 5.14. The molecule has 0 aliphatic rings. The van der Waals surface area contributed by atoms with Gasteiger partial charge < -0.3 is 9.47 Å². The lowest BCUT2D eigenvalue weighted by molar-refractivity contribution is 0.187. The standard InChI is InChI=1S/C13H12N4O3S/c1-8-7-17-11(14-8)21-13(16-17)20-10-5-3-9(4-6-10)15-12(18)19-2/h3-7H,1-2H3,(H,15,18). The summed E-state index contributed by atoms with van der Waals surface area (Å²) in [5.74, 6) is 0.624. The molecule has 7 nitrogen and oxygen atoms in total. The Morgan fingerprint density at radius 2 is 2.10 bits per heavy atom. The highest BCUT2D eigenvalue weighted by Crippen LogP contribution is 2.27. The normalized spacial score (nSPS) is 10.6. The highest BCUT2D eigenvalue weighted by Gasteiger charge is 2.08. The molecule has 108 valence electrons. The summed E-state index contributed by atoms with van der Waals surface area (Å²) in [6.45, 7) is 1.91. The molecule has 2 aromatic heterocycles. The lowest BCUT2D eigenvalue weighted by Gasteiger charge is -2.05. The van der Waals surface area contributed by atoms with Gasteiger partial charge in [-0.25, -0.2) is 14.3 Å². The average molecular weight is 304 g/mol. The van der Waals surface area contributed by atoms with Gasteiger partial charge in [-0.05, 0) is 42.5 Å². The third-order valence-corrected chi connectivity index (χ3v) is 3.44. The Kier molecular flexibility index (Phi) is 3.44. The molecule has 2 heterocycles. The minimum atomic E-state index is -0.514. The number of aromatic nitrogens is 3. The lowest BCUT2D eigenvalue weighted by atomic mass is 10.3. The van der Waals surface area contributed by atoms with E-state index in [1.165, 1.54) is 18.4 Å². The predicted molar refractivity (Wildman–Crippen MR) is 78.1 cm³/mol. The van der Waals surface area contributed by atoms with E-state index in [0.29, 0.717) is 16.6 Å². The van der Waals surface area contributed by atoms with Crippen molar-refractivity contribution < 1.29 is 14.3 Å². The van der Waals surface area contributed by atoms with Crippen LogP contribution in [0.25, 0.3) is 4.96 Å². The third kappa shape index (κ3) is 2.95. The van der Waals surface area contributed by atoms with E-state index in [-0.39, 0.29) is 0 Å². The van der Waals surface area contributed by atoms with Gasteiger partial charge in [0.15, 0.2) is 0 Å². The smallest absolute Gasteiger partial charge is 0.411 e. The fourth-order valence-electron chi connectivity index (χ4n) is 1.71. The Bertz CT molecular complexity index is 747. The van der Waals surface area contributed by atoms with Gasteiger partial charge in [0, 0.05) is 5.69 Å². The molecular formula is C13H12N4O3S. The quantitative estimate of drug-likeness (QED) is 0.804. The number of fused-ring (bicyclic) bond motifs is 1. The summed E-state index contributed by atoms with van der Waals surface area (Å²) in [4.78, 5) is 16.2. The Labute approximate surface area is 124 Å². The third-order valence-electron chi connectivity index (χ3n) is 2.64. The van der Waals surface area contributed by atoms with Crippen LogP contribution in [0.1, 0.15) is 5.69 Å². The van der Waals surface area contributed by atoms with Crippen LogP contribution in [0.3, 0.4) is 0 Å². The van der Waals surface area contributed by atoms with Crippen LogP contribution in [-0.4, -0.2) is 27.8 Å². The van der Waals surface area contributed by atoms with Crippen molar-refractivity contribution in [3.63, 3.8) is 0 Å². The first-order valence-corrected chi connectivity index (χ1v) is 6.91. The summed E-state index contributed by atoms with van der Waals surface area (Å²) in [6, 6.07) is 6.91. The summed E-state index contributed by atoms with van der Waals surface area (Å²) in [5.41, 5.74) is 1.54. The van der Waals surface area contributed by atoms with Crippen LogP contribution in [0.2, 0.25) is 0 Å². The van der Waals surface area contributed by atoms with Crippen LogP contribution in [-0.2, 0) is 4.74 Å². The fraction of sp³-hybridized carbons (Fsp3) is 0.154. The topological polar surface area (TPSA) is 77.8 Å². The first-order valence-electron chi connectivity index (χ1n) is 6.10. The summed E-state index contributed by atoms with van der Waals surface area (Å²) < 4.78 is 11.8. The van der Waals surface area contributed by atoms with Crippen LogP contribution in [0.4, 0.5) is 10.5 Å². The molecule has 0 atom stereocenters. The van der Waals surface area contributed by atoms with Crippen molar-refractivity contribution in [3.8, 4) is 10.9 Å². The van der Waals surface area contributed by atoms with Crippen molar-refractivity contribution >= 4 is 28.1 Å². The molecule has 1 N–H and O–H groups in total. The van der Waals surface area contributed by atoms with Gasteiger partial charge in [0.2, 0.25) is 4.96 Å². The number of anilines is 1. The summed E-state index contributed by atoms with van der Waals surface area (Å²) in [7, 11) is 1.31. The number of benzene rings is 1. The van der Waals surface area contributed by atoms with Gasteiger partial charge in [0.05, 0.1) is 19.0 Å². The van der Waals surface area contributed by atoms with E-state index in [0.717, 1.165) is 10.7 Å². The highest BCUT2D eigenvalue weighted by molar-refractivity contribution is 7.18. The van der Waals surface area contributed by atoms with E-state index in [4.69, 9.17) is 4.74 Å². The number of carbonyl (C=O) groups is 1. The van der Waals surface area contributed by atoms with Crippen LogP contribution >= 0.6 is 11.3 Å². The molecule has 0 bridgehead atoms. The summed E-state index contributed by atoms with van der Waals surface area (Å²) in [6.07, 6.45) is 1.32. The largest absolute Gasteiger partial charge is 0.453 e. The minimum absolute atomic E-state index is 0.506. The Morgan fingerprint density at radius 3 is 2.76 bits per heavy atom. The van der Waals surface area contributed by atoms with Gasteiger partial charge in [-0.15, -0.1) is 5.10 Å². The molecule has 0 saturated heterocycles. The van der Waals surface area contributed by atoms with Crippen molar-refractivity contribution in [2.75, 3.05) is 12.4 Å². The number of carbonyl (C=O) groups excluding carboxylic acids is 1. The number of aryl methyl sites for hydroxylation is 1. The molecule has 0 saturated carbocycles. The molecule has 0 aliphatic heterocycles. The second kappa shape index (κ2) is 5.41. The first kappa shape index (κ1) is 13.4. The number of hydrogen-bond acceptors (Lipinski definition) is 6. The molecule has 0 aliphatic carbocycles. The number of ether oxygens (including phenoxy) is 2. The number of rotatable bonds is 3. The maximum Gasteiger partial charge on any atom is 0.411 e. The van der Waals surface area contributed by atoms with E-state index >= 15 is 0 Å². The predicted octanol–water partition coefficient (Wildman–Crippen LogP) is 3.07. The van der Waals surface area contributed by atoms with Crippen LogP contribution in [0, 0.1) is 6.92 Å². The maximum atomic E-state index is 11.1. The second-order valence-electron chi connectivity index (χ2n) is 4.22. The lowest BCUT2D eigenvalue weighted by Crippen LogP contribution is -2.10. The first-order chi connectivity index (χ1) is 10.1. The van der Waals surface area contributed by atoms with E-state index in [1.807, 2.05) is 13.1 Å². The molecule has 1 amide bonds. The monoisotopic (exact) mass is 304 g/mol. The zero-order chi connectivity index (χ0) is 14.8. The molecule has 0 fully saturated rings. The minimum Gasteiger partial charge on any atom is -0.453 e. The molecular weight excluding hydrogens is 292 g/mol. The Balaban J connectivity index is 1.72. The van der Waals surface area contributed by atoms with Crippen LogP contribution in [0.5, 0.6) is 10.9 Å². The average Bonchev–Trinajstić information content (AvgIpc) is 2.97. The summed E-state index contributed by atoms with van der Waals surface area (Å²) >= 11 is 1.36. The van der Waals surface area contributed by atoms with Crippen LogP contribution in [0.15, 0.2) is 30.5 Å². The van der Waals surface area contributed by atoms with Crippen LogP contribution < -0.4 is 10.1 Å². The SMILES string of the molecule is COC(=O)Nc1ccc(Oc2nn3cc(C)nc3s2)cc1. The van der Waals surface area contributed by atoms with Crippen molar-refractivity contribution in [3.05, 3.63) is 36.2 Å². The van der Waals surface area contributed by atoms with E-state index < -0.39 is 6.09 Å². The van der Waals surface area contributed by atoms with Gasteiger partial charge in [-0.2, -0.15) is 0 Å². The van der Waals surface area contributed by atoms with Gasteiger partial charge in [0.1, 0.15) is 5.75 Å². The van der Waals surface area contributed by atoms with Gasteiger partial charge >= 0.3 is 6.09 Å². The Hall–Kier alpha value is -2.61. The van der Waals surface area contributed by atoms with E-state index in [9.17, 15) is 4.79 Å². The molecule has 0 radical (unpaired) electrons. The maximum absolute atomic E-state index is 11.1. The zero-order valence-corrected chi connectivity index (χ0v) is 12.2. The molecule has 0 spiro atoms. The van der Waals surface area contributed by atoms with Crippen molar-refractivity contribution in [1.82, 2.24) is 14.6 Å². The number of nitrogens with zero attached hydrogens (tertiary/aromatic N) is 3. The number of imidazole rings is 1. The molecule has 8 heteroatoms. The van der Waals surface area contributed by atoms with Crippen molar-refractivity contribution in [1.29, 1.82) is 0 Å². The number of nitrogens with one attached hydrogen (secondary N) is 1. The van der Waals surface area contributed by atoms with Gasteiger partial charge in [0.25, 0.3) is 5.19 Å². The fourth-order valence-corrected chi connectivity index (χ4v) is 2.51. The molecule has 0 unspecified atom stereocenters. The molecule has 21 heavy (non-hydrogen) atoms. The molecule has 3 aromatic rings. The van der Waals surface area contributed by atoms with E-state index in [2.05, 4.69) is 20.1 Å². The number of hydrogen-bond donors (Lipinski definition) is 1. The zero-order valence-electron chi connectivity index (χ0n) is 11.4. The summed E-state index contributed by atoms with van der Waals surface area (Å²) in [5, 5.41) is 7.34. The highest BCUT2D eigenvalue weighted by atomic mass is 32.1. The number of methoxy groups -OCH3 is 1. The van der Waals surface area contributed by atoms with Gasteiger partial charge in [-0.1, -0.05) is 0 Å². The van der Waals surface area contributed by atoms with E-state index in [1.54, 1.807) is 28.8 Å². The van der Waals surface area contributed by atoms with Crippen molar-refractivity contribution in [2.45, 2.75) is 6.92 Å². The molecule has 1 aromatic carbocycles. The Morgan fingerprint density at radius 1 is 1.33 bits per heavy atom. The van der Waals surface area contributed by atoms with Crippen molar-refractivity contribution in [2.24, 2.45) is 0 Å².